The maximum absolute atomic E-state index is 13.8. The first kappa shape index (κ1) is 24.5. The summed E-state index contributed by atoms with van der Waals surface area (Å²) in [5.74, 6) is 0.0789. The Kier molecular flexibility index (Phi) is 6.86. The van der Waals surface area contributed by atoms with Crippen LogP contribution < -0.4 is 10.6 Å². The average Bonchev–Trinajstić information content (AvgIpc) is 3.23. The standard InChI is InChI=1S/C29H29N3O2S2/c1-16-9-8-12-24(30-16)32-28(34)25-18(3)31-22-14-20(19-10-6-5-7-11-19)15-23(33)27(22)26(25)21-13-17(2)36-29(21)35-4/h5-13,20,26,31H,14-15H2,1-4H3,(H,30,32,34)/t20-,26+/m1/s1. The minimum Gasteiger partial charge on any atom is -0.362 e. The molecule has 1 aliphatic carbocycles. The Hall–Kier alpha value is -3.16. The average molecular weight is 516 g/mol. The highest BCUT2D eigenvalue weighted by Gasteiger charge is 2.42. The highest BCUT2D eigenvalue weighted by Crippen LogP contribution is 2.49. The Morgan fingerprint density at radius 1 is 1.08 bits per heavy atom. The van der Waals surface area contributed by atoms with Crippen molar-refractivity contribution in [2.45, 2.75) is 49.7 Å². The number of nitrogens with one attached hydrogen (secondary N) is 2. The molecule has 0 unspecified atom stereocenters. The van der Waals surface area contributed by atoms with E-state index in [4.69, 9.17) is 0 Å². The fraction of sp³-hybridized carbons (Fsp3) is 0.276. The molecule has 184 valence electrons. The second-order valence-electron chi connectivity index (χ2n) is 9.35. The Morgan fingerprint density at radius 3 is 2.58 bits per heavy atom. The third-order valence-corrected chi connectivity index (χ3v) is 9.04. The summed E-state index contributed by atoms with van der Waals surface area (Å²) >= 11 is 3.38. The van der Waals surface area contributed by atoms with Crippen molar-refractivity contribution in [3.63, 3.8) is 0 Å². The Balaban J connectivity index is 1.59. The van der Waals surface area contributed by atoms with Gasteiger partial charge in [-0.15, -0.1) is 23.1 Å². The predicted molar refractivity (Wildman–Crippen MR) is 147 cm³/mol. The smallest absolute Gasteiger partial charge is 0.255 e. The number of rotatable bonds is 5. The summed E-state index contributed by atoms with van der Waals surface area (Å²) in [6, 6.07) is 17.9. The molecule has 2 atom stereocenters. The summed E-state index contributed by atoms with van der Waals surface area (Å²) in [6.45, 7) is 5.90. The Bertz CT molecular complexity index is 1400. The number of hydrogen-bond donors (Lipinski definition) is 2. The second kappa shape index (κ2) is 10.1. The summed E-state index contributed by atoms with van der Waals surface area (Å²) in [4.78, 5) is 33.2. The van der Waals surface area contributed by atoms with Crippen LogP contribution in [0.25, 0.3) is 0 Å². The molecule has 2 aliphatic rings. The highest BCUT2D eigenvalue weighted by atomic mass is 32.2. The van der Waals surface area contributed by atoms with Crippen LogP contribution in [0, 0.1) is 13.8 Å². The molecule has 1 aromatic carbocycles. The lowest BCUT2D eigenvalue weighted by atomic mass is 9.72. The summed E-state index contributed by atoms with van der Waals surface area (Å²) in [5.41, 5.74) is 6.05. The molecule has 36 heavy (non-hydrogen) atoms. The van der Waals surface area contributed by atoms with E-state index in [1.807, 2.05) is 50.4 Å². The Labute approximate surface area is 220 Å². The number of aryl methyl sites for hydroxylation is 2. The van der Waals surface area contributed by atoms with E-state index in [1.165, 1.54) is 10.4 Å². The maximum Gasteiger partial charge on any atom is 0.255 e. The van der Waals surface area contributed by atoms with Gasteiger partial charge in [0.15, 0.2) is 5.78 Å². The monoisotopic (exact) mass is 515 g/mol. The molecule has 5 nitrogen and oxygen atoms in total. The van der Waals surface area contributed by atoms with Crippen molar-refractivity contribution in [1.82, 2.24) is 10.3 Å². The zero-order valence-corrected chi connectivity index (χ0v) is 22.5. The Morgan fingerprint density at radius 2 is 1.86 bits per heavy atom. The highest BCUT2D eigenvalue weighted by molar-refractivity contribution is 8.00. The molecule has 2 N–H and O–H groups in total. The molecule has 2 aromatic heterocycles. The first-order chi connectivity index (χ1) is 17.4. The van der Waals surface area contributed by atoms with Gasteiger partial charge in [-0.1, -0.05) is 36.4 Å². The lowest BCUT2D eigenvalue weighted by molar-refractivity contribution is -0.116. The van der Waals surface area contributed by atoms with Gasteiger partial charge in [0.05, 0.1) is 4.21 Å². The van der Waals surface area contributed by atoms with Crippen LogP contribution in [0.4, 0.5) is 5.82 Å². The number of thioether (sulfide) groups is 1. The van der Waals surface area contributed by atoms with Crippen molar-refractivity contribution in [3.8, 4) is 0 Å². The van der Waals surface area contributed by atoms with Crippen molar-refractivity contribution >= 4 is 40.6 Å². The van der Waals surface area contributed by atoms with Crippen LogP contribution >= 0.6 is 23.1 Å². The summed E-state index contributed by atoms with van der Waals surface area (Å²) in [6.07, 6.45) is 3.23. The van der Waals surface area contributed by atoms with Gasteiger partial charge in [-0.05, 0) is 68.7 Å². The molecule has 0 fully saturated rings. The second-order valence-corrected chi connectivity index (χ2v) is 11.7. The number of nitrogens with zero attached hydrogens (tertiary/aromatic N) is 1. The molecule has 0 radical (unpaired) electrons. The van der Waals surface area contributed by atoms with Crippen LogP contribution in [0.3, 0.4) is 0 Å². The summed E-state index contributed by atoms with van der Waals surface area (Å²) < 4.78 is 1.14. The van der Waals surface area contributed by atoms with Crippen LogP contribution in [0.1, 0.15) is 53.3 Å². The number of allylic oxidation sites excluding steroid dienone is 3. The molecule has 3 aromatic rings. The number of amides is 1. The molecule has 5 rings (SSSR count). The molecule has 0 saturated carbocycles. The number of aromatic nitrogens is 1. The van der Waals surface area contributed by atoms with Crippen molar-refractivity contribution in [2.24, 2.45) is 0 Å². The molecule has 0 bridgehead atoms. The quantitative estimate of drug-likeness (QED) is 0.381. The lowest BCUT2D eigenvalue weighted by Crippen LogP contribution is -2.37. The van der Waals surface area contributed by atoms with Gasteiger partial charge in [-0.3, -0.25) is 9.59 Å². The summed E-state index contributed by atoms with van der Waals surface area (Å²) in [5, 5.41) is 6.46. The van der Waals surface area contributed by atoms with Crippen LogP contribution in [0.5, 0.6) is 0 Å². The normalized spacial score (nSPS) is 19.7. The van der Waals surface area contributed by atoms with Crippen molar-refractivity contribution in [1.29, 1.82) is 0 Å². The number of Topliss-reactive ketones (excluding diaryl/α,β-unsaturated/α-hetero) is 1. The number of dihydropyridines is 1. The van der Waals surface area contributed by atoms with Crippen molar-refractivity contribution in [3.05, 3.63) is 98.8 Å². The minimum absolute atomic E-state index is 0.102. The van der Waals surface area contributed by atoms with Gasteiger partial charge in [0, 0.05) is 45.5 Å². The van der Waals surface area contributed by atoms with Crippen LogP contribution in [-0.4, -0.2) is 22.9 Å². The molecule has 1 amide bonds. The SMILES string of the molecule is CSc1sc(C)cc1[C@H]1C(C(=O)Nc2cccc(C)n2)=C(C)NC2=C1C(=O)C[C@H](c1ccccc1)C2. The topological polar surface area (TPSA) is 71.1 Å². The van der Waals surface area contributed by atoms with E-state index < -0.39 is 5.92 Å². The van der Waals surface area contributed by atoms with Gasteiger partial charge in [0.25, 0.3) is 5.91 Å². The van der Waals surface area contributed by atoms with E-state index in [2.05, 4.69) is 40.7 Å². The first-order valence-electron chi connectivity index (χ1n) is 12.0. The van der Waals surface area contributed by atoms with Gasteiger partial charge in [-0.2, -0.15) is 0 Å². The zero-order valence-electron chi connectivity index (χ0n) is 20.8. The molecular weight excluding hydrogens is 486 g/mol. The third-order valence-electron chi connectivity index (χ3n) is 6.82. The van der Waals surface area contributed by atoms with Gasteiger partial charge in [0.1, 0.15) is 5.82 Å². The van der Waals surface area contributed by atoms with Crippen LogP contribution in [-0.2, 0) is 9.59 Å². The van der Waals surface area contributed by atoms with E-state index in [9.17, 15) is 9.59 Å². The van der Waals surface area contributed by atoms with E-state index in [-0.39, 0.29) is 17.6 Å². The predicted octanol–water partition coefficient (Wildman–Crippen LogP) is 6.48. The van der Waals surface area contributed by atoms with Gasteiger partial charge in [-0.25, -0.2) is 4.98 Å². The van der Waals surface area contributed by atoms with E-state index in [1.54, 1.807) is 29.2 Å². The molecular formula is C29H29N3O2S2. The first-order valence-corrected chi connectivity index (χ1v) is 14.1. The molecule has 1 aliphatic heterocycles. The number of hydrogen-bond acceptors (Lipinski definition) is 6. The van der Waals surface area contributed by atoms with E-state index in [0.717, 1.165) is 38.9 Å². The van der Waals surface area contributed by atoms with Gasteiger partial charge in [0.2, 0.25) is 0 Å². The van der Waals surface area contributed by atoms with Crippen molar-refractivity contribution < 1.29 is 9.59 Å². The van der Waals surface area contributed by atoms with Crippen LogP contribution in [0.2, 0.25) is 0 Å². The lowest BCUT2D eigenvalue weighted by Gasteiger charge is -2.37. The molecule has 7 heteroatoms. The third kappa shape index (κ3) is 4.65. The number of thiophene rings is 1. The van der Waals surface area contributed by atoms with E-state index >= 15 is 0 Å². The van der Waals surface area contributed by atoms with Crippen LogP contribution in [0.15, 0.2) is 81.3 Å². The van der Waals surface area contributed by atoms with Crippen molar-refractivity contribution in [2.75, 3.05) is 11.6 Å². The fourth-order valence-electron chi connectivity index (χ4n) is 5.28. The van der Waals surface area contributed by atoms with E-state index in [0.29, 0.717) is 17.8 Å². The largest absolute Gasteiger partial charge is 0.362 e. The molecule has 0 saturated heterocycles. The fourth-order valence-corrected chi connectivity index (χ4v) is 7.19. The van der Waals surface area contributed by atoms with Gasteiger partial charge < -0.3 is 10.6 Å². The zero-order chi connectivity index (χ0) is 25.4. The maximum atomic E-state index is 13.8. The van der Waals surface area contributed by atoms with Gasteiger partial charge >= 0.3 is 0 Å². The molecule has 3 heterocycles. The number of pyridine rings is 1. The number of benzene rings is 1. The number of carbonyl (C=O) groups is 2. The number of ketones is 1. The summed E-state index contributed by atoms with van der Waals surface area (Å²) in [7, 11) is 0. The number of anilines is 1. The minimum atomic E-state index is -0.414. The molecule has 0 spiro atoms. The number of carbonyl (C=O) groups excluding carboxylic acids is 2.